The molecule has 2 amide bonds. The number of hydrogen-bond donors (Lipinski definition) is 1. The van der Waals surface area contributed by atoms with E-state index >= 15 is 0 Å². The lowest BCUT2D eigenvalue weighted by molar-refractivity contribution is 0.0952. The van der Waals surface area contributed by atoms with Gasteiger partial charge in [0.1, 0.15) is 19.0 Å². The van der Waals surface area contributed by atoms with E-state index in [1.807, 2.05) is 18.2 Å². The van der Waals surface area contributed by atoms with Crippen molar-refractivity contribution in [2.75, 3.05) is 52.5 Å². The minimum atomic E-state index is -0.571. The fourth-order valence-electron chi connectivity index (χ4n) is 3.36. The van der Waals surface area contributed by atoms with Gasteiger partial charge in [-0.15, -0.1) is 0 Å². The van der Waals surface area contributed by atoms with Gasteiger partial charge in [-0.25, -0.2) is 4.79 Å². The number of carbonyl (C=O) groups excluding carboxylic acids is 2. The lowest BCUT2D eigenvalue weighted by Gasteiger charge is -2.22. The highest BCUT2D eigenvalue weighted by Crippen LogP contribution is 2.40. The summed E-state index contributed by atoms with van der Waals surface area (Å²) in [5, 5.41) is 2.79. The molecule has 0 atom stereocenters. The van der Waals surface area contributed by atoms with Crippen molar-refractivity contribution in [2.45, 2.75) is 0 Å². The van der Waals surface area contributed by atoms with E-state index in [9.17, 15) is 9.59 Å². The van der Waals surface area contributed by atoms with Crippen molar-refractivity contribution in [3.63, 3.8) is 0 Å². The average Bonchev–Trinajstić information content (AvgIpc) is 2.93. The van der Waals surface area contributed by atoms with Crippen LogP contribution in [-0.2, 0) is 4.74 Å². The van der Waals surface area contributed by atoms with Gasteiger partial charge in [0.15, 0.2) is 11.5 Å². The zero-order valence-electron chi connectivity index (χ0n) is 20.7. The van der Waals surface area contributed by atoms with Crippen molar-refractivity contribution in [3.05, 3.63) is 71.0 Å². The van der Waals surface area contributed by atoms with Gasteiger partial charge in [0.2, 0.25) is 5.75 Å². The van der Waals surface area contributed by atoms with Gasteiger partial charge in [-0.1, -0.05) is 18.2 Å². The number of carbonyl (C=O) groups is 2. The fourth-order valence-corrected chi connectivity index (χ4v) is 3.72. The smallest absolute Gasteiger partial charge is 0.414 e. The highest BCUT2D eigenvalue weighted by Gasteiger charge is 2.18. The topological polar surface area (TPSA) is 108 Å². The Morgan fingerprint density at radius 3 is 2.27 bits per heavy atom. The monoisotopic (exact) mass is 573 g/mol. The molecule has 0 spiro atoms. The van der Waals surface area contributed by atoms with Crippen LogP contribution in [0.4, 0.5) is 10.5 Å². The van der Waals surface area contributed by atoms with Crippen LogP contribution in [0.25, 0.3) is 0 Å². The number of methoxy groups -OCH3 is 3. The Bertz CT molecular complexity index is 1170. The summed E-state index contributed by atoms with van der Waals surface area (Å²) in [6, 6.07) is 14.0. The molecule has 10 nitrogen and oxygen atoms in total. The number of ether oxygens (including phenoxy) is 5. The maximum Gasteiger partial charge on any atom is 0.414 e. The second kappa shape index (κ2) is 13.9. The van der Waals surface area contributed by atoms with Crippen LogP contribution in [0.1, 0.15) is 10.4 Å². The van der Waals surface area contributed by atoms with Gasteiger partial charge in [0, 0.05) is 47.8 Å². The van der Waals surface area contributed by atoms with E-state index in [1.165, 1.54) is 32.4 Å². The first kappa shape index (κ1) is 27.6. The summed E-state index contributed by atoms with van der Waals surface area (Å²) in [5.41, 5.74) is 1.04. The van der Waals surface area contributed by atoms with E-state index < -0.39 is 6.09 Å². The van der Waals surface area contributed by atoms with E-state index in [2.05, 4.69) is 26.2 Å². The fraction of sp³-hybridized carbons (Fsp3) is 0.269. The van der Waals surface area contributed by atoms with Crippen LogP contribution < -0.4 is 29.2 Å². The van der Waals surface area contributed by atoms with Crippen molar-refractivity contribution in [2.24, 2.45) is 0 Å². The molecule has 37 heavy (non-hydrogen) atoms. The number of nitrogens with one attached hydrogen (secondary N) is 1. The summed E-state index contributed by atoms with van der Waals surface area (Å²) in [4.78, 5) is 30.7. The first-order valence-electron chi connectivity index (χ1n) is 11.3. The van der Waals surface area contributed by atoms with Crippen LogP contribution in [-0.4, -0.2) is 64.6 Å². The number of aromatic nitrogens is 1. The second-order valence-corrected chi connectivity index (χ2v) is 8.37. The Morgan fingerprint density at radius 2 is 1.65 bits per heavy atom. The molecular formula is C26H28BrN3O7. The third-order valence-corrected chi connectivity index (χ3v) is 5.53. The summed E-state index contributed by atoms with van der Waals surface area (Å²) < 4.78 is 27.8. The Balaban J connectivity index is 1.56. The van der Waals surface area contributed by atoms with Crippen LogP contribution in [0.15, 0.2) is 65.4 Å². The molecule has 0 unspecified atom stereocenters. The van der Waals surface area contributed by atoms with E-state index in [-0.39, 0.29) is 32.2 Å². The second-order valence-electron chi connectivity index (χ2n) is 7.46. The molecule has 2 aromatic carbocycles. The molecule has 1 aromatic heterocycles. The van der Waals surface area contributed by atoms with Crippen molar-refractivity contribution in [1.82, 2.24) is 10.3 Å². The van der Waals surface area contributed by atoms with Crippen LogP contribution in [0, 0.1) is 0 Å². The zero-order valence-corrected chi connectivity index (χ0v) is 22.3. The van der Waals surface area contributed by atoms with Gasteiger partial charge >= 0.3 is 6.09 Å². The van der Waals surface area contributed by atoms with E-state index in [0.29, 0.717) is 38.7 Å². The average molecular weight is 574 g/mol. The largest absolute Gasteiger partial charge is 0.493 e. The molecule has 11 heteroatoms. The number of benzene rings is 2. The predicted molar refractivity (Wildman–Crippen MR) is 141 cm³/mol. The first-order valence-corrected chi connectivity index (χ1v) is 12.1. The first-order chi connectivity index (χ1) is 18.0. The Morgan fingerprint density at radius 1 is 0.946 bits per heavy atom. The maximum atomic E-state index is 12.9. The lowest BCUT2D eigenvalue weighted by Crippen LogP contribution is -2.39. The quantitative estimate of drug-likeness (QED) is 0.319. The van der Waals surface area contributed by atoms with Crippen molar-refractivity contribution in [1.29, 1.82) is 0 Å². The summed E-state index contributed by atoms with van der Waals surface area (Å²) in [5.74, 6) is 1.52. The highest BCUT2D eigenvalue weighted by molar-refractivity contribution is 9.10. The summed E-state index contributed by atoms with van der Waals surface area (Å²) in [7, 11) is 4.54. The molecule has 0 aliphatic carbocycles. The van der Waals surface area contributed by atoms with Crippen LogP contribution in [0.2, 0.25) is 0 Å². The predicted octanol–water partition coefficient (Wildman–Crippen LogP) is 4.32. The van der Waals surface area contributed by atoms with Crippen LogP contribution in [0.3, 0.4) is 0 Å². The molecule has 1 N–H and O–H groups in total. The number of pyridine rings is 1. The summed E-state index contributed by atoms with van der Waals surface area (Å²) in [6.07, 6.45) is 2.49. The third kappa shape index (κ3) is 7.74. The Labute approximate surface area is 223 Å². The van der Waals surface area contributed by atoms with Crippen LogP contribution >= 0.6 is 15.9 Å². The molecule has 1 heterocycles. The lowest BCUT2D eigenvalue weighted by atomic mass is 10.2. The van der Waals surface area contributed by atoms with E-state index in [4.69, 9.17) is 23.7 Å². The SMILES string of the molecule is COc1cc(OCCOC(=O)N(CCNC(=O)c2cncc(Br)c2)c2ccccc2)cc(OC)c1OC. The normalized spacial score (nSPS) is 10.3. The molecule has 0 saturated heterocycles. The van der Waals surface area contributed by atoms with Crippen LogP contribution in [0.5, 0.6) is 23.0 Å². The molecular weight excluding hydrogens is 546 g/mol. The number of hydrogen-bond acceptors (Lipinski definition) is 8. The highest BCUT2D eigenvalue weighted by atomic mass is 79.9. The molecule has 3 rings (SSSR count). The molecule has 0 saturated carbocycles. The van der Waals surface area contributed by atoms with Gasteiger partial charge in [-0.2, -0.15) is 0 Å². The summed E-state index contributed by atoms with van der Waals surface area (Å²) in [6.45, 7) is 0.496. The molecule has 3 aromatic rings. The minimum absolute atomic E-state index is 0.00506. The summed E-state index contributed by atoms with van der Waals surface area (Å²) >= 11 is 3.30. The molecule has 0 radical (unpaired) electrons. The molecule has 0 bridgehead atoms. The number of rotatable bonds is 12. The van der Waals surface area contributed by atoms with E-state index in [1.54, 1.807) is 36.5 Å². The van der Waals surface area contributed by atoms with Gasteiger partial charge in [0.25, 0.3) is 5.91 Å². The zero-order chi connectivity index (χ0) is 26.6. The standard InChI is InChI=1S/C26H28BrN3O7/c1-33-22-14-21(15-23(34-2)24(22)35-3)36-11-12-37-26(32)30(20-7-5-4-6-8-20)10-9-29-25(31)18-13-19(27)17-28-16-18/h4-8,13-17H,9-12H2,1-3H3,(H,29,31). The van der Waals surface area contributed by atoms with Gasteiger partial charge in [-0.3, -0.25) is 14.7 Å². The Kier molecular flexibility index (Phi) is 10.4. The number of amides is 2. The van der Waals surface area contributed by atoms with Crippen molar-refractivity contribution >= 4 is 33.6 Å². The molecule has 196 valence electrons. The number of anilines is 1. The molecule has 0 aliphatic heterocycles. The van der Waals surface area contributed by atoms with E-state index in [0.717, 1.165) is 0 Å². The van der Waals surface area contributed by atoms with Gasteiger partial charge in [0.05, 0.1) is 26.9 Å². The van der Waals surface area contributed by atoms with Crippen molar-refractivity contribution in [3.8, 4) is 23.0 Å². The minimum Gasteiger partial charge on any atom is -0.493 e. The molecule has 0 fully saturated rings. The maximum absolute atomic E-state index is 12.9. The number of para-hydroxylation sites is 1. The number of nitrogens with zero attached hydrogens (tertiary/aromatic N) is 2. The third-order valence-electron chi connectivity index (χ3n) is 5.09. The number of halogens is 1. The molecule has 0 aliphatic rings. The van der Waals surface area contributed by atoms with Gasteiger partial charge in [-0.05, 0) is 34.1 Å². The van der Waals surface area contributed by atoms with Crippen molar-refractivity contribution < 1.29 is 33.3 Å². The van der Waals surface area contributed by atoms with Gasteiger partial charge < -0.3 is 29.0 Å². The Hall–Kier alpha value is -3.99.